The molecule has 0 radical (unpaired) electrons. The molecule has 0 N–H and O–H groups in total. The number of amides is 2. The number of benzene rings is 1. The normalized spacial score (nSPS) is 25.2. The SMILES string of the molecule is CC1=C(C)C[C@@H]2C(=O)N(c3ccc(C(F)(F)F)cc3)C(=O)[C@H]2C1. The quantitative estimate of drug-likeness (QED) is 0.580. The fraction of sp³-hybridized carbons (Fsp3) is 0.412. The van der Waals surface area contributed by atoms with Crippen LogP contribution in [0.2, 0.25) is 0 Å². The van der Waals surface area contributed by atoms with E-state index in [-0.39, 0.29) is 17.5 Å². The van der Waals surface area contributed by atoms with E-state index in [1.54, 1.807) is 0 Å². The predicted octanol–water partition coefficient (Wildman–Crippen LogP) is 3.94. The lowest BCUT2D eigenvalue weighted by atomic mass is 9.78. The number of allylic oxidation sites excluding steroid dienone is 2. The van der Waals surface area contributed by atoms with E-state index in [1.165, 1.54) is 12.1 Å². The van der Waals surface area contributed by atoms with Crippen molar-refractivity contribution in [1.82, 2.24) is 0 Å². The first-order valence-corrected chi connectivity index (χ1v) is 7.40. The molecular formula is C17H16F3NO2. The first kappa shape index (κ1) is 15.8. The second kappa shape index (κ2) is 5.22. The summed E-state index contributed by atoms with van der Waals surface area (Å²) in [6.07, 6.45) is -3.36. The van der Waals surface area contributed by atoms with Gasteiger partial charge in [-0.1, -0.05) is 11.1 Å². The molecule has 3 rings (SSSR count). The van der Waals surface area contributed by atoms with Crippen molar-refractivity contribution in [3.63, 3.8) is 0 Å². The van der Waals surface area contributed by atoms with Crippen LogP contribution in [0, 0.1) is 11.8 Å². The third-order valence-corrected chi connectivity index (χ3v) is 4.79. The van der Waals surface area contributed by atoms with Gasteiger partial charge in [0, 0.05) is 0 Å². The fourth-order valence-corrected chi connectivity index (χ4v) is 3.31. The maximum Gasteiger partial charge on any atom is 0.416 e. The van der Waals surface area contributed by atoms with Crippen LogP contribution in [0.4, 0.5) is 18.9 Å². The van der Waals surface area contributed by atoms with Crippen molar-refractivity contribution in [2.24, 2.45) is 11.8 Å². The number of anilines is 1. The topological polar surface area (TPSA) is 37.4 Å². The van der Waals surface area contributed by atoms with Crippen LogP contribution in [0.15, 0.2) is 35.4 Å². The van der Waals surface area contributed by atoms with Gasteiger partial charge in [0.25, 0.3) is 0 Å². The average Bonchev–Trinajstić information content (AvgIpc) is 2.71. The number of halogens is 3. The molecule has 1 fully saturated rings. The average molecular weight is 323 g/mol. The van der Waals surface area contributed by atoms with E-state index < -0.39 is 23.6 Å². The van der Waals surface area contributed by atoms with Crippen molar-refractivity contribution in [2.75, 3.05) is 4.90 Å². The summed E-state index contributed by atoms with van der Waals surface area (Å²) in [5.74, 6) is -1.42. The molecule has 1 heterocycles. The first-order chi connectivity index (χ1) is 10.7. The predicted molar refractivity (Wildman–Crippen MR) is 78.5 cm³/mol. The van der Waals surface area contributed by atoms with Crippen LogP contribution in [-0.2, 0) is 15.8 Å². The molecule has 0 aromatic heterocycles. The number of alkyl halides is 3. The highest BCUT2D eigenvalue weighted by Crippen LogP contribution is 2.42. The molecule has 1 aromatic carbocycles. The lowest BCUT2D eigenvalue weighted by Crippen LogP contribution is -2.30. The van der Waals surface area contributed by atoms with Gasteiger partial charge >= 0.3 is 6.18 Å². The first-order valence-electron chi connectivity index (χ1n) is 7.40. The maximum atomic E-state index is 12.6. The zero-order valence-corrected chi connectivity index (χ0v) is 12.8. The van der Waals surface area contributed by atoms with Gasteiger partial charge in [0.05, 0.1) is 23.1 Å². The molecular weight excluding hydrogens is 307 g/mol. The van der Waals surface area contributed by atoms with Crippen LogP contribution in [0.25, 0.3) is 0 Å². The van der Waals surface area contributed by atoms with Gasteiger partial charge in [0.1, 0.15) is 0 Å². The fourth-order valence-electron chi connectivity index (χ4n) is 3.31. The Morgan fingerprint density at radius 2 is 1.35 bits per heavy atom. The van der Waals surface area contributed by atoms with Crippen LogP contribution in [0.3, 0.4) is 0 Å². The Bertz CT molecular complexity index is 672. The van der Waals surface area contributed by atoms with E-state index in [2.05, 4.69) is 0 Å². The van der Waals surface area contributed by atoms with Crippen LogP contribution < -0.4 is 4.90 Å². The number of nitrogens with zero attached hydrogens (tertiary/aromatic N) is 1. The smallest absolute Gasteiger partial charge is 0.274 e. The Morgan fingerprint density at radius 3 is 1.74 bits per heavy atom. The largest absolute Gasteiger partial charge is 0.416 e. The van der Waals surface area contributed by atoms with Crippen molar-refractivity contribution in [3.8, 4) is 0 Å². The molecule has 0 bridgehead atoms. The summed E-state index contributed by atoms with van der Waals surface area (Å²) in [7, 11) is 0. The summed E-state index contributed by atoms with van der Waals surface area (Å²) in [6.45, 7) is 3.90. The Kier molecular flexibility index (Phi) is 3.58. The van der Waals surface area contributed by atoms with Crippen molar-refractivity contribution in [3.05, 3.63) is 41.0 Å². The molecule has 0 unspecified atom stereocenters. The van der Waals surface area contributed by atoms with Crippen LogP contribution in [-0.4, -0.2) is 11.8 Å². The highest BCUT2D eigenvalue weighted by atomic mass is 19.4. The van der Waals surface area contributed by atoms with Gasteiger partial charge in [-0.2, -0.15) is 13.2 Å². The zero-order valence-electron chi connectivity index (χ0n) is 12.8. The minimum absolute atomic E-state index is 0.206. The van der Waals surface area contributed by atoms with Gasteiger partial charge in [-0.25, -0.2) is 0 Å². The summed E-state index contributed by atoms with van der Waals surface area (Å²) < 4.78 is 37.9. The van der Waals surface area contributed by atoms with Crippen LogP contribution in [0.1, 0.15) is 32.3 Å². The van der Waals surface area contributed by atoms with E-state index in [9.17, 15) is 22.8 Å². The summed E-state index contributed by atoms with van der Waals surface area (Å²) in [5, 5.41) is 0. The monoisotopic (exact) mass is 323 g/mol. The summed E-state index contributed by atoms with van der Waals surface area (Å²) in [6, 6.07) is 4.16. The van der Waals surface area contributed by atoms with Crippen molar-refractivity contribution in [2.45, 2.75) is 32.9 Å². The number of hydrogen-bond donors (Lipinski definition) is 0. The number of imide groups is 1. The number of carbonyl (C=O) groups is 2. The van der Waals surface area contributed by atoms with Crippen LogP contribution >= 0.6 is 0 Å². The molecule has 2 amide bonds. The van der Waals surface area contributed by atoms with Crippen LogP contribution in [0.5, 0.6) is 0 Å². The molecule has 122 valence electrons. The summed E-state index contributed by atoms with van der Waals surface area (Å²) in [4.78, 5) is 26.1. The van der Waals surface area contributed by atoms with E-state index in [0.29, 0.717) is 12.8 Å². The number of rotatable bonds is 1. The highest BCUT2D eigenvalue weighted by molar-refractivity contribution is 6.22. The van der Waals surface area contributed by atoms with E-state index >= 15 is 0 Å². The van der Waals surface area contributed by atoms with Gasteiger partial charge < -0.3 is 0 Å². The molecule has 1 aromatic rings. The molecule has 0 spiro atoms. The third-order valence-electron chi connectivity index (χ3n) is 4.79. The molecule has 2 aliphatic rings. The molecule has 0 saturated carbocycles. The Labute approximate surface area is 131 Å². The molecule has 1 aliphatic carbocycles. The number of fused-ring (bicyclic) bond motifs is 1. The third kappa shape index (κ3) is 2.56. The minimum Gasteiger partial charge on any atom is -0.274 e. The molecule has 1 saturated heterocycles. The van der Waals surface area contributed by atoms with Crippen molar-refractivity contribution < 1.29 is 22.8 Å². The minimum atomic E-state index is -4.44. The second-order valence-corrected chi connectivity index (χ2v) is 6.24. The van der Waals surface area contributed by atoms with Gasteiger partial charge in [0.2, 0.25) is 11.8 Å². The lowest BCUT2D eigenvalue weighted by molar-refractivity contribution is -0.137. The van der Waals surface area contributed by atoms with Gasteiger partial charge in [-0.05, 0) is 51.0 Å². The lowest BCUT2D eigenvalue weighted by Gasteiger charge is -2.23. The second-order valence-electron chi connectivity index (χ2n) is 6.24. The maximum absolute atomic E-state index is 12.6. The number of hydrogen-bond acceptors (Lipinski definition) is 2. The standard InChI is InChI=1S/C17H16F3NO2/c1-9-7-13-14(8-10(9)2)16(23)21(15(13)22)12-5-3-11(4-6-12)17(18,19)20/h3-6,13-14H,7-8H2,1-2H3/t13-,14-/m0/s1. The zero-order chi connectivity index (χ0) is 16.9. The number of carbonyl (C=O) groups excluding carboxylic acids is 2. The molecule has 1 aliphatic heterocycles. The van der Waals surface area contributed by atoms with Crippen molar-refractivity contribution in [1.29, 1.82) is 0 Å². The van der Waals surface area contributed by atoms with Gasteiger partial charge in [-0.3, -0.25) is 14.5 Å². The summed E-state index contributed by atoms with van der Waals surface area (Å²) in [5.41, 5.74) is 1.63. The van der Waals surface area contributed by atoms with E-state index in [4.69, 9.17) is 0 Å². The summed E-state index contributed by atoms with van der Waals surface area (Å²) >= 11 is 0. The molecule has 23 heavy (non-hydrogen) atoms. The van der Waals surface area contributed by atoms with Gasteiger partial charge in [0.15, 0.2) is 0 Å². The Hall–Kier alpha value is -2.11. The molecule has 6 heteroatoms. The van der Waals surface area contributed by atoms with Gasteiger partial charge in [-0.15, -0.1) is 0 Å². The Morgan fingerprint density at radius 1 is 0.913 bits per heavy atom. The van der Waals surface area contributed by atoms with E-state index in [1.807, 2.05) is 13.8 Å². The van der Waals surface area contributed by atoms with E-state index in [0.717, 1.165) is 28.2 Å². The molecule has 2 atom stereocenters. The Balaban J connectivity index is 1.91. The van der Waals surface area contributed by atoms with Crippen molar-refractivity contribution >= 4 is 17.5 Å². The highest BCUT2D eigenvalue weighted by Gasteiger charge is 2.49. The molecule has 3 nitrogen and oxygen atoms in total.